The fraction of sp³-hybridized carbons (Fsp3) is 0.278. The number of aromatic hydroxyl groups is 1. The number of hydrogen-bond acceptors (Lipinski definition) is 3. The van der Waals surface area contributed by atoms with Gasteiger partial charge in [0, 0.05) is 19.0 Å². The SMILES string of the molecule is CCCN1C(=O)C(Cc2ccccc2)Oc2ccc(O)cc21. The average molecular weight is 297 g/mol. The van der Waals surface area contributed by atoms with Crippen LogP contribution in [0, 0.1) is 0 Å². The summed E-state index contributed by atoms with van der Waals surface area (Å²) in [6.07, 6.45) is 0.866. The standard InChI is InChI=1S/C18H19NO3/c1-2-10-19-15-12-14(20)8-9-16(15)22-17(18(19)21)11-13-6-4-3-5-7-13/h3-9,12,17,20H,2,10-11H2,1H3. The van der Waals surface area contributed by atoms with Crippen molar-refractivity contribution >= 4 is 11.6 Å². The average Bonchev–Trinajstić information content (AvgIpc) is 2.53. The quantitative estimate of drug-likeness (QED) is 0.943. The molecule has 4 heteroatoms. The second-order valence-electron chi connectivity index (χ2n) is 5.44. The van der Waals surface area contributed by atoms with Crippen LogP contribution in [0.25, 0.3) is 0 Å². The van der Waals surface area contributed by atoms with E-state index >= 15 is 0 Å². The van der Waals surface area contributed by atoms with Gasteiger partial charge in [0.1, 0.15) is 11.5 Å². The molecule has 1 heterocycles. The molecule has 1 aliphatic rings. The molecule has 0 bridgehead atoms. The Morgan fingerprint density at radius 1 is 1.18 bits per heavy atom. The Bertz CT molecular complexity index is 669. The van der Waals surface area contributed by atoms with Crippen LogP contribution >= 0.6 is 0 Å². The molecule has 0 radical (unpaired) electrons. The van der Waals surface area contributed by atoms with Crippen molar-refractivity contribution < 1.29 is 14.6 Å². The van der Waals surface area contributed by atoms with Crippen molar-refractivity contribution in [1.29, 1.82) is 0 Å². The van der Waals surface area contributed by atoms with Crippen LogP contribution in [0.1, 0.15) is 18.9 Å². The highest BCUT2D eigenvalue weighted by Gasteiger charge is 2.34. The van der Waals surface area contributed by atoms with Crippen LogP contribution in [0.3, 0.4) is 0 Å². The number of benzene rings is 2. The van der Waals surface area contributed by atoms with E-state index in [1.54, 1.807) is 23.1 Å². The van der Waals surface area contributed by atoms with E-state index in [0.29, 0.717) is 24.4 Å². The first-order valence-electron chi connectivity index (χ1n) is 7.54. The van der Waals surface area contributed by atoms with Gasteiger partial charge in [0.2, 0.25) is 0 Å². The van der Waals surface area contributed by atoms with Crippen molar-refractivity contribution in [2.45, 2.75) is 25.9 Å². The van der Waals surface area contributed by atoms with Gasteiger partial charge in [0.25, 0.3) is 5.91 Å². The summed E-state index contributed by atoms with van der Waals surface area (Å²) in [4.78, 5) is 14.4. The zero-order valence-electron chi connectivity index (χ0n) is 12.5. The fourth-order valence-electron chi connectivity index (χ4n) is 2.72. The summed E-state index contributed by atoms with van der Waals surface area (Å²) in [5, 5.41) is 9.67. The molecule has 0 aliphatic carbocycles. The highest BCUT2D eigenvalue weighted by Crippen LogP contribution is 2.37. The lowest BCUT2D eigenvalue weighted by atomic mass is 10.0. The monoisotopic (exact) mass is 297 g/mol. The molecule has 0 spiro atoms. The van der Waals surface area contributed by atoms with Crippen molar-refractivity contribution in [3.05, 3.63) is 54.1 Å². The molecule has 4 nitrogen and oxygen atoms in total. The highest BCUT2D eigenvalue weighted by molar-refractivity contribution is 6.00. The van der Waals surface area contributed by atoms with Gasteiger partial charge in [-0.3, -0.25) is 4.79 Å². The van der Waals surface area contributed by atoms with E-state index in [-0.39, 0.29) is 11.7 Å². The van der Waals surface area contributed by atoms with Gasteiger partial charge >= 0.3 is 0 Å². The predicted molar refractivity (Wildman–Crippen MR) is 85.3 cm³/mol. The molecule has 0 saturated heterocycles. The summed E-state index contributed by atoms with van der Waals surface area (Å²) in [7, 11) is 0. The minimum absolute atomic E-state index is 0.0520. The number of nitrogens with zero attached hydrogens (tertiary/aromatic N) is 1. The van der Waals surface area contributed by atoms with Crippen LogP contribution in [0.5, 0.6) is 11.5 Å². The molecular weight excluding hydrogens is 278 g/mol. The Labute approximate surface area is 130 Å². The molecule has 0 fully saturated rings. The molecule has 1 unspecified atom stereocenters. The van der Waals surface area contributed by atoms with Gasteiger partial charge in [-0.15, -0.1) is 0 Å². The third kappa shape index (κ3) is 2.77. The Balaban J connectivity index is 1.91. The van der Waals surface area contributed by atoms with E-state index in [4.69, 9.17) is 4.74 Å². The maximum absolute atomic E-state index is 12.7. The lowest BCUT2D eigenvalue weighted by Crippen LogP contribution is -2.47. The lowest BCUT2D eigenvalue weighted by molar-refractivity contribution is -0.126. The van der Waals surface area contributed by atoms with E-state index in [1.807, 2.05) is 37.3 Å². The first-order chi connectivity index (χ1) is 10.7. The Morgan fingerprint density at radius 2 is 1.95 bits per heavy atom. The second-order valence-corrected chi connectivity index (χ2v) is 5.44. The Kier molecular flexibility index (Phi) is 4.00. The number of rotatable bonds is 4. The van der Waals surface area contributed by atoms with Crippen LogP contribution in [0.4, 0.5) is 5.69 Å². The predicted octanol–water partition coefficient (Wildman–Crippen LogP) is 3.14. The van der Waals surface area contributed by atoms with E-state index in [0.717, 1.165) is 12.0 Å². The molecular formula is C18H19NO3. The van der Waals surface area contributed by atoms with Gasteiger partial charge in [0.15, 0.2) is 6.10 Å². The third-order valence-electron chi connectivity index (χ3n) is 3.76. The number of phenols is 1. The summed E-state index contributed by atoms with van der Waals surface area (Å²) in [5.41, 5.74) is 1.72. The molecule has 22 heavy (non-hydrogen) atoms. The van der Waals surface area contributed by atoms with E-state index in [2.05, 4.69) is 0 Å². The van der Waals surface area contributed by atoms with Gasteiger partial charge in [0.05, 0.1) is 5.69 Å². The summed E-state index contributed by atoms with van der Waals surface area (Å²) in [5.74, 6) is 0.730. The van der Waals surface area contributed by atoms with E-state index in [9.17, 15) is 9.90 Å². The topological polar surface area (TPSA) is 49.8 Å². The lowest BCUT2D eigenvalue weighted by Gasteiger charge is -2.34. The maximum Gasteiger partial charge on any atom is 0.268 e. The normalized spacial score (nSPS) is 17.0. The minimum Gasteiger partial charge on any atom is -0.508 e. The van der Waals surface area contributed by atoms with Crippen LogP contribution < -0.4 is 9.64 Å². The largest absolute Gasteiger partial charge is 0.508 e. The van der Waals surface area contributed by atoms with Gasteiger partial charge in [-0.05, 0) is 24.1 Å². The van der Waals surface area contributed by atoms with Crippen LogP contribution in [-0.4, -0.2) is 23.7 Å². The number of hydrogen-bond donors (Lipinski definition) is 1. The Hall–Kier alpha value is -2.49. The molecule has 1 aliphatic heterocycles. The van der Waals surface area contributed by atoms with Crippen LogP contribution in [0.15, 0.2) is 48.5 Å². The third-order valence-corrected chi connectivity index (χ3v) is 3.76. The zero-order valence-corrected chi connectivity index (χ0v) is 12.5. The van der Waals surface area contributed by atoms with Gasteiger partial charge in [-0.25, -0.2) is 0 Å². The first-order valence-corrected chi connectivity index (χ1v) is 7.54. The number of anilines is 1. The van der Waals surface area contributed by atoms with Crippen molar-refractivity contribution in [3.8, 4) is 11.5 Å². The number of carbonyl (C=O) groups excluding carboxylic acids is 1. The summed E-state index contributed by atoms with van der Waals surface area (Å²) in [6.45, 7) is 2.64. The molecule has 0 saturated carbocycles. The van der Waals surface area contributed by atoms with Crippen LogP contribution in [0.2, 0.25) is 0 Å². The molecule has 1 atom stereocenters. The zero-order chi connectivity index (χ0) is 15.5. The number of ether oxygens (including phenoxy) is 1. The fourth-order valence-corrected chi connectivity index (χ4v) is 2.72. The number of phenolic OH excluding ortho intramolecular Hbond substituents is 1. The van der Waals surface area contributed by atoms with Gasteiger partial charge < -0.3 is 14.7 Å². The first kappa shape index (κ1) is 14.4. The number of fused-ring (bicyclic) bond motifs is 1. The van der Waals surface area contributed by atoms with E-state index in [1.165, 1.54) is 0 Å². The Morgan fingerprint density at radius 3 is 2.68 bits per heavy atom. The van der Waals surface area contributed by atoms with E-state index < -0.39 is 6.10 Å². The second kappa shape index (κ2) is 6.10. The number of amides is 1. The molecule has 2 aromatic rings. The van der Waals surface area contributed by atoms with Crippen molar-refractivity contribution in [2.24, 2.45) is 0 Å². The molecule has 114 valence electrons. The van der Waals surface area contributed by atoms with Crippen molar-refractivity contribution in [2.75, 3.05) is 11.4 Å². The molecule has 2 aromatic carbocycles. The molecule has 1 amide bonds. The molecule has 1 N–H and O–H groups in total. The van der Waals surface area contributed by atoms with Gasteiger partial charge in [-0.1, -0.05) is 37.3 Å². The maximum atomic E-state index is 12.7. The summed E-state index contributed by atoms with van der Waals surface area (Å²) < 4.78 is 5.88. The smallest absolute Gasteiger partial charge is 0.268 e. The van der Waals surface area contributed by atoms with Gasteiger partial charge in [-0.2, -0.15) is 0 Å². The minimum atomic E-state index is -0.522. The number of carbonyl (C=O) groups is 1. The van der Waals surface area contributed by atoms with Crippen LogP contribution in [-0.2, 0) is 11.2 Å². The highest BCUT2D eigenvalue weighted by atomic mass is 16.5. The van der Waals surface area contributed by atoms with Crippen molar-refractivity contribution in [1.82, 2.24) is 0 Å². The molecule has 0 aromatic heterocycles. The van der Waals surface area contributed by atoms with Crippen molar-refractivity contribution in [3.63, 3.8) is 0 Å². The summed E-state index contributed by atoms with van der Waals surface area (Å²) in [6, 6.07) is 14.7. The summed E-state index contributed by atoms with van der Waals surface area (Å²) >= 11 is 0. The molecule has 3 rings (SSSR count).